The Morgan fingerprint density at radius 2 is 2.24 bits per heavy atom. The van der Waals surface area contributed by atoms with Crippen LogP contribution in [0.15, 0.2) is 23.3 Å². The largest absolute Gasteiger partial charge is 0.507 e. The molecule has 0 aliphatic rings. The Kier molecular flexibility index (Phi) is 4.69. The van der Waals surface area contributed by atoms with Crippen molar-refractivity contribution < 1.29 is 9.90 Å². The lowest BCUT2D eigenvalue weighted by molar-refractivity contribution is 0.0952. The second kappa shape index (κ2) is 6.03. The molecule has 0 unspecified atom stereocenters. The van der Waals surface area contributed by atoms with Crippen LogP contribution >= 0.6 is 0 Å². The van der Waals surface area contributed by atoms with E-state index in [9.17, 15) is 9.90 Å². The first-order valence-corrected chi connectivity index (χ1v) is 5.62. The fourth-order valence-electron chi connectivity index (χ4n) is 1.27. The highest BCUT2D eigenvalue weighted by atomic mass is 16.3. The van der Waals surface area contributed by atoms with Crippen molar-refractivity contribution in [1.82, 2.24) is 5.43 Å². The monoisotopic (exact) mass is 234 g/mol. The Morgan fingerprint density at radius 3 is 2.88 bits per heavy atom. The van der Waals surface area contributed by atoms with Gasteiger partial charge in [-0.3, -0.25) is 4.79 Å². The summed E-state index contributed by atoms with van der Waals surface area (Å²) in [5.74, 6) is 0.110. The molecule has 0 aromatic heterocycles. The number of amides is 1. The molecule has 0 radical (unpaired) electrons. The molecule has 4 nitrogen and oxygen atoms in total. The molecule has 4 heteroatoms. The van der Waals surface area contributed by atoms with Gasteiger partial charge in [-0.25, -0.2) is 5.43 Å². The van der Waals surface area contributed by atoms with Gasteiger partial charge in [-0.1, -0.05) is 26.0 Å². The predicted octanol–water partition coefficient (Wildman–Crippen LogP) is 2.46. The molecular formula is C13H18N2O2. The summed E-state index contributed by atoms with van der Waals surface area (Å²) in [6.45, 7) is 5.88. The zero-order valence-corrected chi connectivity index (χ0v) is 10.4. The molecular weight excluding hydrogens is 216 g/mol. The fraction of sp³-hybridized carbons (Fsp3) is 0.385. The maximum atomic E-state index is 11.7. The Hall–Kier alpha value is -1.84. The molecule has 0 aliphatic carbocycles. The summed E-state index contributed by atoms with van der Waals surface area (Å²) < 4.78 is 0. The molecule has 0 saturated carbocycles. The van der Waals surface area contributed by atoms with Crippen molar-refractivity contribution >= 4 is 12.1 Å². The van der Waals surface area contributed by atoms with Crippen molar-refractivity contribution in [1.29, 1.82) is 0 Å². The number of phenolic OH excluding ortho intramolecular Hbond substituents is 1. The Labute approximate surface area is 101 Å². The zero-order chi connectivity index (χ0) is 12.8. The van der Waals surface area contributed by atoms with Gasteiger partial charge in [0.25, 0.3) is 5.91 Å². The zero-order valence-electron chi connectivity index (χ0n) is 10.4. The van der Waals surface area contributed by atoms with Crippen LogP contribution < -0.4 is 5.43 Å². The van der Waals surface area contributed by atoms with Crippen LogP contribution in [0, 0.1) is 12.8 Å². The van der Waals surface area contributed by atoms with Crippen LogP contribution in [0.3, 0.4) is 0 Å². The van der Waals surface area contributed by atoms with Gasteiger partial charge in [0.15, 0.2) is 0 Å². The van der Waals surface area contributed by atoms with E-state index in [0.717, 1.165) is 6.42 Å². The van der Waals surface area contributed by atoms with Crippen LogP contribution in [-0.4, -0.2) is 17.2 Å². The molecule has 0 bridgehead atoms. The fourth-order valence-corrected chi connectivity index (χ4v) is 1.27. The minimum absolute atomic E-state index is 0.00376. The van der Waals surface area contributed by atoms with Crippen LogP contribution in [0.2, 0.25) is 0 Å². The van der Waals surface area contributed by atoms with Crippen LogP contribution in [0.5, 0.6) is 5.75 Å². The molecule has 0 saturated heterocycles. The molecule has 1 aromatic carbocycles. The first kappa shape index (κ1) is 13.2. The van der Waals surface area contributed by atoms with Crippen molar-refractivity contribution in [2.75, 3.05) is 0 Å². The molecule has 0 spiro atoms. The van der Waals surface area contributed by atoms with E-state index in [2.05, 4.69) is 24.4 Å². The standard InChI is InChI=1S/C13H18N2O2/c1-9(2)7-8-14-15-13(17)11-6-4-5-10(3)12(11)16/h4-6,8-9,16H,7H2,1-3H3,(H,15,17). The summed E-state index contributed by atoms with van der Waals surface area (Å²) in [4.78, 5) is 11.7. The van der Waals surface area contributed by atoms with Gasteiger partial charge in [-0.2, -0.15) is 5.10 Å². The SMILES string of the molecule is Cc1cccc(C(=O)NN=CCC(C)C)c1O. The number of aryl methyl sites for hydroxylation is 1. The van der Waals surface area contributed by atoms with Gasteiger partial charge < -0.3 is 5.11 Å². The number of phenols is 1. The van der Waals surface area contributed by atoms with Crippen molar-refractivity contribution in [2.45, 2.75) is 27.2 Å². The molecule has 0 aliphatic heterocycles. The number of nitrogens with zero attached hydrogens (tertiary/aromatic N) is 1. The second-order valence-corrected chi connectivity index (χ2v) is 4.35. The molecule has 1 amide bonds. The topological polar surface area (TPSA) is 61.7 Å². The van der Waals surface area contributed by atoms with Gasteiger partial charge in [0.05, 0.1) is 5.56 Å². The third-order valence-electron chi connectivity index (χ3n) is 2.32. The summed E-state index contributed by atoms with van der Waals surface area (Å²) in [7, 11) is 0. The van der Waals surface area contributed by atoms with Gasteiger partial charge in [-0.05, 0) is 30.9 Å². The van der Waals surface area contributed by atoms with Crippen molar-refractivity contribution in [3.8, 4) is 5.75 Å². The van der Waals surface area contributed by atoms with Crippen LogP contribution in [0.1, 0.15) is 36.2 Å². The van der Waals surface area contributed by atoms with Crippen LogP contribution in [0.25, 0.3) is 0 Å². The Morgan fingerprint density at radius 1 is 1.53 bits per heavy atom. The number of nitrogens with one attached hydrogen (secondary N) is 1. The molecule has 0 heterocycles. The number of aromatic hydroxyl groups is 1. The molecule has 17 heavy (non-hydrogen) atoms. The van der Waals surface area contributed by atoms with E-state index in [4.69, 9.17) is 0 Å². The van der Waals surface area contributed by atoms with Crippen LogP contribution in [0.4, 0.5) is 0 Å². The van der Waals surface area contributed by atoms with E-state index in [1.54, 1.807) is 31.3 Å². The molecule has 92 valence electrons. The predicted molar refractivity (Wildman–Crippen MR) is 68.3 cm³/mol. The minimum atomic E-state index is -0.397. The summed E-state index contributed by atoms with van der Waals surface area (Å²) in [5, 5.41) is 13.5. The Balaban J connectivity index is 2.64. The van der Waals surface area contributed by atoms with Crippen molar-refractivity contribution in [3.63, 3.8) is 0 Å². The number of carbonyl (C=O) groups excluding carboxylic acids is 1. The number of para-hydroxylation sites is 1. The molecule has 1 aromatic rings. The smallest absolute Gasteiger partial charge is 0.275 e. The average molecular weight is 234 g/mol. The number of rotatable bonds is 4. The van der Waals surface area contributed by atoms with E-state index in [-0.39, 0.29) is 11.3 Å². The summed E-state index contributed by atoms with van der Waals surface area (Å²) in [6, 6.07) is 5.03. The lowest BCUT2D eigenvalue weighted by Gasteiger charge is -2.05. The molecule has 0 atom stereocenters. The number of hydrogen-bond acceptors (Lipinski definition) is 3. The van der Waals surface area contributed by atoms with E-state index in [0.29, 0.717) is 11.5 Å². The number of carbonyl (C=O) groups is 1. The van der Waals surface area contributed by atoms with Crippen LogP contribution in [-0.2, 0) is 0 Å². The van der Waals surface area contributed by atoms with Gasteiger partial charge in [0.1, 0.15) is 5.75 Å². The molecule has 1 rings (SSSR count). The number of hydrogen-bond donors (Lipinski definition) is 2. The van der Waals surface area contributed by atoms with E-state index in [1.807, 2.05) is 0 Å². The van der Waals surface area contributed by atoms with Gasteiger partial charge in [0, 0.05) is 6.21 Å². The first-order valence-electron chi connectivity index (χ1n) is 5.62. The van der Waals surface area contributed by atoms with Crippen molar-refractivity contribution in [2.24, 2.45) is 11.0 Å². The highest BCUT2D eigenvalue weighted by Gasteiger charge is 2.11. The quantitative estimate of drug-likeness (QED) is 0.621. The van der Waals surface area contributed by atoms with Gasteiger partial charge in [0.2, 0.25) is 0 Å². The average Bonchev–Trinajstić information content (AvgIpc) is 2.27. The Bertz CT molecular complexity index is 425. The third kappa shape index (κ3) is 3.90. The van der Waals surface area contributed by atoms with Crippen molar-refractivity contribution in [3.05, 3.63) is 29.3 Å². The maximum Gasteiger partial charge on any atom is 0.275 e. The van der Waals surface area contributed by atoms with Gasteiger partial charge in [-0.15, -0.1) is 0 Å². The highest BCUT2D eigenvalue weighted by molar-refractivity contribution is 5.97. The van der Waals surface area contributed by atoms with E-state index in [1.165, 1.54) is 0 Å². The molecule has 2 N–H and O–H groups in total. The molecule has 0 fully saturated rings. The second-order valence-electron chi connectivity index (χ2n) is 4.35. The van der Waals surface area contributed by atoms with E-state index >= 15 is 0 Å². The minimum Gasteiger partial charge on any atom is -0.507 e. The lowest BCUT2D eigenvalue weighted by Crippen LogP contribution is -2.18. The lowest BCUT2D eigenvalue weighted by atomic mass is 10.1. The normalized spacial score (nSPS) is 11.1. The first-order chi connectivity index (χ1) is 8.02. The number of hydrazone groups is 1. The van der Waals surface area contributed by atoms with E-state index < -0.39 is 5.91 Å². The maximum absolute atomic E-state index is 11.7. The highest BCUT2D eigenvalue weighted by Crippen LogP contribution is 2.20. The summed E-state index contributed by atoms with van der Waals surface area (Å²) in [5.41, 5.74) is 3.31. The summed E-state index contributed by atoms with van der Waals surface area (Å²) in [6.07, 6.45) is 2.47. The number of benzene rings is 1. The van der Waals surface area contributed by atoms with Gasteiger partial charge >= 0.3 is 0 Å². The third-order valence-corrected chi connectivity index (χ3v) is 2.32. The summed E-state index contributed by atoms with van der Waals surface area (Å²) >= 11 is 0.